The van der Waals surface area contributed by atoms with Crippen LogP contribution in [0.3, 0.4) is 0 Å². The summed E-state index contributed by atoms with van der Waals surface area (Å²) in [4.78, 5) is 0. The Balaban J connectivity index is 1.92. The fraction of sp³-hybridized carbons (Fsp3) is 0.143. The highest BCUT2D eigenvalue weighted by molar-refractivity contribution is 5.66. The molecule has 2 aromatic rings. The quantitative estimate of drug-likeness (QED) is 0.815. The predicted octanol–water partition coefficient (Wildman–Crippen LogP) is 3.20. The van der Waals surface area contributed by atoms with Crippen molar-refractivity contribution in [2.75, 3.05) is 17.6 Å². The van der Waals surface area contributed by atoms with E-state index < -0.39 is 5.82 Å². The maximum absolute atomic E-state index is 13.2. The van der Waals surface area contributed by atoms with Crippen molar-refractivity contribution in [3.63, 3.8) is 0 Å². The van der Waals surface area contributed by atoms with Crippen LogP contribution in [0.25, 0.3) is 0 Å². The summed E-state index contributed by atoms with van der Waals surface area (Å²) in [6, 6.07) is 10.9. The zero-order valence-corrected chi connectivity index (χ0v) is 9.79. The number of rotatable bonds is 4. The molecule has 0 fully saturated rings. The van der Waals surface area contributed by atoms with Gasteiger partial charge < -0.3 is 11.1 Å². The van der Waals surface area contributed by atoms with Crippen LogP contribution in [0.5, 0.6) is 0 Å². The predicted molar refractivity (Wildman–Crippen MR) is 69.4 cm³/mol. The van der Waals surface area contributed by atoms with Gasteiger partial charge in [0, 0.05) is 6.54 Å². The van der Waals surface area contributed by atoms with Crippen molar-refractivity contribution in [3.8, 4) is 0 Å². The molecule has 0 heterocycles. The van der Waals surface area contributed by atoms with Gasteiger partial charge >= 0.3 is 0 Å². The van der Waals surface area contributed by atoms with Crippen LogP contribution in [-0.2, 0) is 6.42 Å². The van der Waals surface area contributed by atoms with Gasteiger partial charge in [-0.1, -0.05) is 18.2 Å². The van der Waals surface area contributed by atoms with Gasteiger partial charge in [0.05, 0.1) is 11.4 Å². The first-order valence-corrected chi connectivity index (χ1v) is 5.69. The zero-order chi connectivity index (χ0) is 13.0. The minimum absolute atomic E-state index is 0.122. The summed E-state index contributed by atoms with van der Waals surface area (Å²) in [5.41, 5.74) is 7.31. The molecule has 0 saturated carbocycles. The lowest BCUT2D eigenvalue weighted by Gasteiger charge is -2.09. The number of halogens is 2. The molecule has 0 aliphatic heterocycles. The molecule has 0 saturated heterocycles. The summed E-state index contributed by atoms with van der Waals surface area (Å²) in [6.45, 7) is 0.610. The Labute approximate surface area is 104 Å². The highest BCUT2D eigenvalue weighted by atomic mass is 19.1. The number of hydrogen-bond acceptors (Lipinski definition) is 2. The van der Waals surface area contributed by atoms with Crippen LogP contribution in [0, 0.1) is 11.6 Å². The second kappa shape index (κ2) is 5.49. The first-order valence-electron chi connectivity index (χ1n) is 5.69. The van der Waals surface area contributed by atoms with Gasteiger partial charge in [0.2, 0.25) is 0 Å². The van der Waals surface area contributed by atoms with Gasteiger partial charge in [0.25, 0.3) is 0 Å². The second-order valence-electron chi connectivity index (χ2n) is 4.00. The Hall–Kier alpha value is -2.10. The van der Waals surface area contributed by atoms with E-state index in [1.807, 2.05) is 0 Å². The van der Waals surface area contributed by atoms with E-state index in [0.29, 0.717) is 12.2 Å². The molecule has 18 heavy (non-hydrogen) atoms. The number of nitrogen functional groups attached to an aromatic ring is 1. The van der Waals surface area contributed by atoms with E-state index in [-0.39, 0.29) is 11.5 Å². The first-order chi connectivity index (χ1) is 8.66. The molecule has 3 N–H and O–H groups in total. The third-order valence-electron chi connectivity index (χ3n) is 2.70. The molecule has 0 aliphatic rings. The molecule has 0 spiro atoms. The van der Waals surface area contributed by atoms with Crippen LogP contribution in [0.1, 0.15) is 5.56 Å². The monoisotopic (exact) mass is 248 g/mol. The summed E-state index contributed by atoms with van der Waals surface area (Å²) in [7, 11) is 0. The van der Waals surface area contributed by atoms with Gasteiger partial charge in [0.15, 0.2) is 0 Å². The fourth-order valence-corrected chi connectivity index (χ4v) is 1.68. The normalized spacial score (nSPS) is 10.3. The van der Waals surface area contributed by atoms with Gasteiger partial charge in [-0.3, -0.25) is 0 Å². The lowest BCUT2D eigenvalue weighted by molar-refractivity contribution is 0.627. The van der Waals surface area contributed by atoms with Crippen LogP contribution in [0.15, 0.2) is 42.5 Å². The van der Waals surface area contributed by atoms with Crippen LogP contribution < -0.4 is 11.1 Å². The second-order valence-corrected chi connectivity index (χ2v) is 4.00. The van der Waals surface area contributed by atoms with E-state index in [0.717, 1.165) is 12.0 Å². The van der Waals surface area contributed by atoms with Crippen LogP contribution in [-0.4, -0.2) is 6.54 Å². The number of para-hydroxylation sites is 1. The number of nitrogens with one attached hydrogen (secondary N) is 1. The van der Waals surface area contributed by atoms with E-state index in [1.165, 1.54) is 18.2 Å². The van der Waals surface area contributed by atoms with E-state index in [1.54, 1.807) is 24.3 Å². The van der Waals surface area contributed by atoms with Crippen LogP contribution in [0.2, 0.25) is 0 Å². The van der Waals surface area contributed by atoms with E-state index in [2.05, 4.69) is 5.32 Å². The molecular weight excluding hydrogens is 234 g/mol. The Morgan fingerprint density at radius 1 is 1.00 bits per heavy atom. The molecule has 0 aromatic heterocycles. The van der Waals surface area contributed by atoms with Crippen molar-refractivity contribution < 1.29 is 8.78 Å². The number of benzene rings is 2. The molecule has 2 aromatic carbocycles. The smallest absolute Gasteiger partial charge is 0.148 e. The number of hydrogen-bond donors (Lipinski definition) is 2. The molecular formula is C14H14F2N2. The lowest BCUT2D eigenvalue weighted by atomic mass is 10.1. The van der Waals surface area contributed by atoms with E-state index >= 15 is 0 Å². The summed E-state index contributed by atoms with van der Waals surface area (Å²) in [5, 5.41) is 3.06. The molecule has 0 amide bonds. The van der Waals surface area contributed by atoms with Gasteiger partial charge in [-0.05, 0) is 36.2 Å². The largest absolute Gasteiger partial charge is 0.395 e. The molecule has 0 bridgehead atoms. The highest BCUT2D eigenvalue weighted by Crippen LogP contribution is 2.20. The van der Waals surface area contributed by atoms with Crippen molar-refractivity contribution in [1.29, 1.82) is 0 Å². The summed E-state index contributed by atoms with van der Waals surface area (Å²) < 4.78 is 25.9. The van der Waals surface area contributed by atoms with Crippen molar-refractivity contribution in [2.24, 2.45) is 0 Å². The Kier molecular flexibility index (Phi) is 3.77. The van der Waals surface area contributed by atoms with Gasteiger partial charge in [-0.25, -0.2) is 8.78 Å². The van der Waals surface area contributed by atoms with Crippen molar-refractivity contribution in [2.45, 2.75) is 6.42 Å². The number of nitrogens with two attached hydrogens (primary N) is 1. The summed E-state index contributed by atoms with van der Waals surface area (Å²) >= 11 is 0. The van der Waals surface area contributed by atoms with E-state index in [9.17, 15) is 8.78 Å². The van der Waals surface area contributed by atoms with Gasteiger partial charge in [0.1, 0.15) is 11.6 Å². The zero-order valence-electron chi connectivity index (χ0n) is 9.79. The van der Waals surface area contributed by atoms with Crippen molar-refractivity contribution in [1.82, 2.24) is 0 Å². The summed E-state index contributed by atoms with van der Waals surface area (Å²) in [5.74, 6) is -0.678. The third-order valence-corrected chi connectivity index (χ3v) is 2.70. The van der Waals surface area contributed by atoms with Gasteiger partial charge in [-0.15, -0.1) is 0 Å². The maximum Gasteiger partial charge on any atom is 0.148 e. The molecule has 0 atom stereocenters. The SMILES string of the molecule is Nc1c(F)cccc1NCCc1ccc(F)cc1. The van der Waals surface area contributed by atoms with E-state index in [4.69, 9.17) is 5.73 Å². The fourth-order valence-electron chi connectivity index (χ4n) is 1.68. The topological polar surface area (TPSA) is 38.0 Å². The number of anilines is 2. The molecule has 2 nitrogen and oxygen atoms in total. The molecule has 94 valence electrons. The Bertz CT molecular complexity index is 524. The molecule has 4 heteroatoms. The average Bonchev–Trinajstić information content (AvgIpc) is 2.37. The molecule has 0 radical (unpaired) electrons. The molecule has 0 aliphatic carbocycles. The molecule has 2 rings (SSSR count). The third kappa shape index (κ3) is 2.97. The maximum atomic E-state index is 13.2. The van der Waals surface area contributed by atoms with Crippen LogP contribution >= 0.6 is 0 Å². The highest BCUT2D eigenvalue weighted by Gasteiger charge is 2.03. The van der Waals surface area contributed by atoms with Crippen molar-refractivity contribution in [3.05, 3.63) is 59.7 Å². The minimum atomic E-state index is -0.429. The van der Waals surface area contributed by atoms with Crippen molar-refractivity contribution >= 4 is 11.4 Å². The minimum Gasteiger partial charge on any atom is -0.395 e. The standard InChI is InChI=1S/C14H14F2N2/c15-11-6-4-10(5-7-11)8-9-18-13-3-1-2-12(16)14(13)17/h1-7,18H,8-9,17H2. The van der Waals surface area contributed by atoms with Crippen LogP contribution in [0.4, 0.5) is 20.2 Å². The Morgan fingerprint density at radius 3 is 2.44 bits per heavy atom. The first kappa shape index (κ1) is 12.4. The average molecular weight is 248 g/mol. The Morgan fingerprint density at radius 2 is 1.72 bits per heavy atom. The lowest BCUT2D eigenvalue weighted by Crippen LogP contribution is -2.07. The summed E-state index contributed by atoms with van der Waals surface area (Å²) in [6.07, 6.45) is 0.718. The molecule has 0 unspecified atom stereocenters. The van der Waals surface area contributed by atoms with Gasteiger partial charge in [-0.2, -0.15) is 0 Å².